The first-order valence-electron chi connectivity index (χ1n) is 4.35. The van der Waals surface area contributed by atoms with Gasteiger partial charge < -0.3 is 25.2 Å². The molecule has 0 atom stereocenters. The summed E-state index contributed by atoms with van der Waals surface area (Å²) in [5, 5.41) is 0. The van der Waals surface area contributed by atoms with E-state index in [1.165, 1.54) is 20.8 Å². The molecule has 0 amide bonds. The summed E-state index contributed by atoms with van der Waals surface area (Å²) in [7, 11) is 0. The molecule has 0 aromatic heterocycles. The molecule has 0 rings (SSSR count). The van der Waals surface area contributed by atoms with Crippen molar-refractivity contribution in [1.29, 1.82) is 0 Å². The van der Waals surface area contributed by atoms with Crippen LogP contribution in [0.25, 0.3) is 0 Å². The number of esters is 3. The number of hydrogen-bond donors (Lipinski definition) is 0. The average molecular weight is 298 g/mol. The van der Waals surface area contributed by atoms with E-state index in [1.54, 1.807) is 0 Å². The third kappa shape index (κ3) is 17.4. The van der Waals surface area contributed by atoms with Crippen LogP contribution in [0.15, 0.2) is 0 Å². The normalized spacial score (nSPS) is 8.00. The quantitative estimate of drug-likeness (QED) is 0.392. The summed E-state index contributed by atoms with van der Waals surface area (Å²) in [6.45, 7) is 3.44. The van der Waals surface area contributed by atoms with Gasteiger partial charge in [-0.2, -0.15) is 0 Å². The predicted molar refractivity (Wildman–Crippen MR) is 50.2 cm³/mol. The minimum atomic E-state index is -0.754. The molecular formula is C9H14O8Ti. The molecule has 0 aromatic rings. The van der Waals surface area contributed by atoms with Crippen molar-refractivity contribution in [2.75, 3.05) is 13.2 Å². The molecule has 18 heavy (non-hydrogen) atoms. The van der Waals surface area contributed by atoms with Gasteiger partial charge >= 0.3 is 39.6 Å². The van der Waals surface area contributed by atoms with Gasteiger partial charge in [-0.15, -0.1) is 0 Å². The molecule has 0 radical (unpaired) electrons. The van der Waals surface area contributed by atoms with E-state index in [-0.39, 0.29) is 45.9 Å². The first kappa shape index (κ1) is 25.8. The molecule has 0 saturated carbocycles. The summed E-state index contributed by atoms with van der Waals surface area (Å²) in [6.07, 6.45) is -0.754. The maximum Gasteiger partial charge on any atom is 4.00 e. The third-order valence-corrected chi connectivity index (χ3v) is 1.28. The summed E-state index contributed by atoms with van der Waals surface area (Å²) < 4.78 is 14.0. The monoisotopic (exact) mass is 298 g/mol. The number of carbonyl (C=O) groups is 3. The molecule has 0 fully saturated rings. The van der Waals surface area contributed by atoms with Crippen LogP contribution in [0.3, 0.4) is 0 Å². The van der Waals surface area contributed by atoms with Gasteiger partial charge in [0, 0.05) is 20.8 Å². The minimum Gasteiger partial charge on any atom is -2.00 e. The molecule has 0 spiro atoms. The van der Waals surface area contributed by atoms with Crippen LogP contribution in [0.5, 0.6) is 0 Å². The van der Waals surface area contributed by atoms with Crippen LogP contribution in [0, 0.1) is 0 Å². The zero-order chi connectivity index (χ0) is 11.8. The van der Waals surface area contributed by atoms with Crippen molar-refractivity contribution in [3.8, 4) is 0 Å². The van der Waals surface area contributed by atoms with Gasteiger partial charge in [0.2, 0.25) is 0 Å². The number of hydrogen-bond acceptors (Lipinski definition) is 6. The van der Waals surface area contributed by atoms with E-state index in [4.69, 9.17) is 4.74 Å². The van der Waals surface area contributed by atoms with E-state index in [0.717, 1.165) is 0 Å². The fraction of sp³-hybridized carbons (Fsp3) is 0.667. The van der Waals surface area contributed by atoms with E-state index < -0.39 is 24.0 Å². The molecule has 0 heterocycles. The van der Waals surface area contributed by atoms with E-state index in [1.807, 2.05) is 0 Å². The molecule has 8 nitrogen and oxygen atoms in total. The zero-order valence-electron chi connectivity index (χ0n) is 10.3. The van der Waals surface area contributed by atoms with E-state index in [2.05, 4.69) is 9.47 Å². The smallest absolute Gasteiger partial charge is 2.00 e. The Balaban J connectivity index is -0.000000327. The van der Waals surface area contributed by atoms with Crippen molar-refractivity contribution in [2.45, 2.75) is 26.9 Å². The van der Waals surface area contributed by atoms with Crippen LogP contribution in [-0.2, 0) is 61.3 Å². The van der Waals surface area contributed by atoms with Gasteiger partial charge in [0.1, 0.15) is 13.2 Å². The van der Waals surface area contributed by atoms with Crippen LogP contribution in [0.2, 0.25) is 0 Å². The molecule has 0 aliphatic rings. The predicted octanol–water partition coefficient (Wildman–Crippen LogP) is -0.196. The molecular weight excluding hydrogens is 284 g/mol. The van der Waals surface area contributed by atoms with Gasteiger partial charge in [-0.1, -0.05) is 0 Å². The maximum absolute atomic E-state index is 10.6. The Kier molecular flexibility index (Phi) is 20.2. The Labute approximate surface area is 119 Å². The largest absolute Gasteiger partial charge is 4.00 e. The molecule has 0 unspecified atom stereocenters. The van der Waals surface area contributed by atoms with Gasteiger partial charge in [0.25, 0.3) is 0 Å². The fourth-order valence-corrected chi connectivity index (χ4v) is 0.771. The van der Waals surface area contributed by atoms with Crippen molar-refractivity contribution in [1.82, 2.24) is 0 Å². The van der Waals surface area contributed by atoms with Crippen LogP contribution >= 0.6 is 0 Å². The standard InChI is InChI=1S/C9H14O6.2O.Ti/c1-6(10)13-4-9(15-8(3)12)5-14-7(2)11;;;/h9H,4-5H2,1-3H3;;;/q;2*-2;+4. The van der Waals surface area contributed by atoms with Gasteiger partial charge in [0.05, 0.1) is 0 Å². The summed E-state index contributed by atoms with van der Waals surface area (Å²) in [5.41, 5.74) is 0. The van der Waals surface area contributed by atoms with Crippen molar-refractivity contribution in [3.63, 3.8) is 0 Å². The first-order valence-corrected chi connectivity index (χ1v) is 4.35. The number of rotatable bonds is 5. The summed E-state index contributed by atoms with van der Waals surface area (Å²) >= 11 is 0. The number of carbonyl (C=O) groups excluding carboxylic acids is 3. The van der Waals surface area contributed by atoms with Crippen molar-refractivity contribution < 1.29 is 61.3 Å². The molecule has 0 aliphatic carbocycles. The molecule has 0 N–H and O–H groups in total. The Morgan fingerprint density at radius 1 is 0.833 bits per heavy atom. The second-order valence-corrected chi connectivity index (χ2v) is 2.84. The SMILES string of the molecule is CC(=O)OCC(COC(C)=O)OC(C)=O.[O-2].[O-2].[Ti+4]. The molecule has 102 valence electrons. The molecule has 9 heteroatoms. The topological polar surface area (TPSA) is 136 Å². The maximum atomic E-state index is 10.6. The second kappa shape index (κ2) is 14.1. The van der Waals surface area contributed by atoms with Crippen LogP contribution in [0.4, 0.5) is 0 Å². The Hall–Kier alpha value is -0.956. The Bertz CT molecular complexity index is 237. The van der Waals surface area contributed by atoms with Crippen LogP contribution in [0.1, 0.15) is 20.8 Å². The van der Waals surface area contributed by atoms with Crippen molar-refractivity contribution >= 4 is 17.9 Å². The minimum absolute atomic E-state index is 0. The van der Waals surface area contributed by atoms with E-state index in [0.29, 0.717) is 0 Å². The van der Waals surface area contributed by atoms with Crippen molar-refractivity contribution in [3.05, 3.63) is 0 Å². The fourth-order valence-electron chi connectivity index (χ4n) is 0.771. The Morgan fingerprint density at radius 2 is 1.17 bits per heavy atom. The van der Waals surface area contributed by atoms with E-state index >= 15 is 0 Å². The second-order valence-electron chi connectivity index (χ2n) is 2.84. The summed E-state index contributed by atoms with van der Waals surface area (Å²) in [5.74, 6) is -1.51. The summed E-state index contributed by atoms with van der Waals surface area (Å²) in [6, 6.07) is 0. The van der Waals surface area contributed by atoms with Crippen LogP contribution in [-0.4, -0.2) is 37.2 Å². The van der Waals surface area contributed by atoms with Gasteiger partial charge in [-0.05, 0) is 0 Å². The first-order chi connectivity index (χ1) is 6.91. The van der Waals surface area contributed by atoms with Gasteiger partial charge in [-0.3, -0.25) is 14.4 Å². The zero-order valence-corrected chi connectivity index (χ0v) is 11.8. The van der Waals surface area contributed by atoms with Crippen molar-refractivity contribution in [2.24, 2.45) is 0 Å². The van der Waals surface area contributed by atoms with Crippen LogP contribution < -0.4 is 0 Å². The third-order valence-electron chi connectivity index (χ3n) is 1.28. The van der Waals surface area contributed by atoms with E-state index in [9.17, 15) is 14.4 Å². The Morgan fingerprint density at radius 3 is 1.39 bits per heavy atom. The summed E-state index contributed by atoms with van der Waals surface area (Å²) in [4.78, 5) is 31.6. The van der Waals surface area contributed by atoms with Gasteiger partial charge in [-0.25, -0.2) is 0 Å². The molecule has 0 bridgehead atoms. The van der Waals surface area contributed by atoms with Gasteiger partial charge in [0.15, 0.2) is 6.10 Å². The molecule has 0 aromatic carbocycles. The molecule has 0 aliphatic heterocycles. The molecule has 0 saturated heterocycles. The number of ether oxygens (including phenoxy) is 3. The average Bonchev–Trinajstić information content (AvgIpc) is 2.08.